The first kappa shape index (κ1) is 22.6. The number of nitrogens with zero attached hydrogens (tertiary/aromatic N) is 5. The van der Waals surface area contributed by atoms with E-state index in [0.29, 0.717) is 37.6 Å². The quantitative estimate of drug-likeness (QED) is 0.352. The summed E-state index contributed by atoms with van der Waals surface area (Å²) in [5.74, 6) is 0.412. The molecule has 1 aromatic carbocycles. The van der Waals surface area contributed by atoms with Crippen LogP contribution >= 0.6 is 39.9 Å². The number of benzene rings is 1. The third kappa shape index (κ3) is 5.43. The lowest BCUT2D eigenvalue weighted by Crippen LogP contribution is -2.55. The number of nitrogens with one attached hydrogen (secondary N) is 1. The highest BCUT2D eigenvalue weighted by molar-refractivity contribution is 14.0. The van der Waals surface area contributed by atoms with Crippen LogP contribution in [0.15, 0.2) is 40.1 Å². The fourth-order valence-electron chi connectivity index (χ4n) is 3.05. The molecule has 1 aliphatic heterocycles. The Bertz CT molecular complexity index is 858. The summed E-state index contributed by atoms with van der Waals surface area (Å²) >= 11 is 3.36. The van der Waals surface area contributed by atoms with Crippen LogP contribution in [0.2, 0.25) is 0 Å². The van der Waals surface area contributed by atoms with Gasteiger partial charge in [0.1, 0.15) is 12.4 Å². The molecule has 1 fully saturated rings. The van der Waals surface area contributed by atoms with Crippen molar-refractivity contribution in [1.29, 1.82) is 0 Å². The van der Waals surface area contributed by atoms with Gasteiger partial charge in [0.25, 0.3) is 0 Å². The van der Waals surface area contributed by atoms with Crippen LogP contribution in [0.1, 0.15) is 5.56 Å². The van der Waals surface area contributed by atoms with Crippen LogP contribution in [-0.2, 0) is 18.3 Å². The lowest BCUT2D eigenvalue weighted by atomic mass is 10.1. The van der Waals surface area contributed by atoms with Gasteiger partial charge in [-0.15, -0.1) is 24.0 Å². The molecule has 0 unspecified atom stereocenters. The highest BCUT2D eigenvalue weighted by Gasteiger charge is 2.27. The van der Waals surface area contributed by atoms with Crippen LogP contribution in [0.5, 0.6) is 0 Å². The van der Waals surface area contributed by atoms with Crippen molar-refractivity contribution in [3.63, 3.8) is 0 Å². The molecule has 1 amide bonds. The zero-order valence-electron chi connectivity index (χ0n) is 15.7. The number of carbonyl (C=O) groups is 1. The average molecular weight is 565 g/mol. The smallest absolute Gasteiger partial charge is 0.246 e. The summed E-state index contributed by atoms with van der Waals surface area (Å²) in [5, 5.41) is 7.34. The van der Waals surface area contributed by atoms with Gasteiger partial charge in [0.05, 0.1) is 11.9 Å². The van der Waals surface area contributed by atoms with Crippen LogP contribution < -0.4 is 10.2 Å². The van der Waals surface area contributed by atoms with Crippen molar-refractivity contribution in [3.05, 3.63) is 46.4 Å². The Kier molecular flexibility index (Phi) is 8.23. The van der Waals surface area contributed by atoms with Crippen molar-refractivity contribution in [1.82, 2.24) is 20.0 Å². The van der Waals surface area contributed by atoms with Gasteiger partial charge in [-0.05, 0) is 30.2 Å². The fraction of sp³-hybridized carbons (Fsp3) is 0.389. The predicted molar refractivity (Wildman–Crippen MR) is 122 cm³/mol. The Hall–Kier alpha value is -1.69. The number of anilines is 1. The van der Waals surface area contributed by atoms with E-state index in [2.05, 4.69) is 31.3 Å². The molecule has 2 aromatic rings. The number of guanidine groups is 1. The van der Waals surface area contributed by atoms with Crippen LogP contribution in [0.25, 0.3) is 0 Å². The van der Waals surface area contributed by atoms with Gasteiger partial charge in [0.2, 0.25) is 5.91 Å². The van der Waals surface area contributed by atoms with Crippen LogP contribution in [0, 0.1) is 5.82 Å². The Morgan fingerprint density at radius 3 is 2.82 bits per heavy atom. The topological polar surface area (TPSA) is 65.8 Å². The number of carbonyl (C=O) groups excluding carboxylic acids is 1. The molecular weight excluding hydrogens is 542 g/mol. The maximum atomic E-state index is 13.8. The highest BCUT2D eigenvalue weighted by Crippen LogP contribution is 2.17. The molecule has 1 aromatic heterocycles. The number of aryl methyl sites for hydroxylation is 1. The van der Waals surface area contributed by atoms with E-state index in [1.807, 2.05) is 18.1 Å². The molecule has 10 heteroatoms. The Morgan fingerprint density at radius 1 is 1.39 bits per heavy atom. The van der Waals surface area contributed by atoms with Gasteiger partial charge < -0.3 is 15.1 Å². The second-order valence-corrected chi connectivity index (χ2v) is 7.21. The molecule has 7 nitrogen and oxygen atoms in total. The number of aliphatic imine (C=N–C) groups is 1. The summed E-state index contributed by atoms with van der Waals surface area (Å²) in [6.45, 7) is 1.98. The first-order valence-electron chi connectivity index (χ1n) is 8.66. The second kappa shape index (κ2) is 10.2. The molecule has 3 rings (SSSR count). The number of hydrogen-bond donors (Lipinski definition) is 1. The van der Waals surface area contributed by atoms with Crippen LogP contribution in [0.4, 0.5) is 10.1 Å². The zero-order chi connectivity index (χ0) is 19.4. The Balaban J connectivity index is 0.00000280. The van der Waals surface area contributed by atoms with Crippen molar-refractivity contribution in [2.75, 3.05) is 38.1 Å². The van der Waals surface area contributed by atoms with E-state index in [0.717, 1.165) is 10.2 Å². The molecule has 1 saturated heterocycles. The number of hydrogen-bond acceptors (Lipinski definition) is 3. The molecule has 0 aliphatic carbocycles. The first-order chi connectivity index (χ1) is 13.0. The maximum Gasteiger partial charge on any atom is 0.246 e. The summed E-state index contributed by atoms with van der Waals surface area (Å²) in [5.41, 5.74) is 1.43. The standard InChI is InChI=1S/C18H22BrFN6O.HI/c1-21-18(22-6-5-13-9-14(19)3-4-16(13)20)25-7-8-26(17(27)12-25)15-10-23-24(2)11-15;/h3-4,9-11H,5-8,12H2,1-2H3,(H,21,22);1H. The summed E-state index contributed by atoms with van der Waals surface area (Å²) in [6, 6.07) is 4.90. The van der Waals surface area contributed by atoms with Crippen molar-refractivity contribution in [2.45, 2.75) is 6.42 Å². The molecule has 0 radical (unpaired) electrons. The van der Waals surface area contributed by atoms with E-state index in [1.54, 1.807) is 35.0 Å². The van der Waals surface area contributed by atoms with Crippen molar-refractivity contribution in [3.8, 4) is 0 Å². The molecule has 0 atom stereocenters. The maximum absolute atomic E-state index is 13.8. The van der Waals surface area contributed by atoms with E-state index in [4.69, 9.17) is 0 Å². The van der Waals surface area contributed by atoms with Gasteiger partial charge in [-0.25, -0.2) is 4.39 Å². The van der Waals surface area contributed by atoms with E-state index >= 15 is 0 Å². The van der Waals surface area contributed by atoms with Gasteiger partial charge in [-0.3, -0.25) is 14.5 Å². The minimum Gasteiger partial charge on any atom is -0.356 e. The lowest BCUT2D eigenvalue weighted by Gasteiger charge is -2.35. The number of aromatic nitrogens is 2. The van der Waals surface area contributed by atoms with Gasteiger partial charge >= 0.3 is 0 Å². The fourth-order valence-corrected chi connectivity index (χ4v) is 3.46. The largest absolute Gasteiger partial charge is 0.356 e. The molecule has 28 heavy (non-hydrogen) atoms. The summed E-state index contributed by atoms with van der Waals surface area (Å²) in [7, 11) is 3.50. The van der Waals surface area contributed by atoms with Crippen LogP contribution in [-0.4, -0.2) is 59.8 Å². The van der Waals surface area contributed by atoms with Crippen molar-refractivity contribution in [2.24, 2.45) is 12.0 Å². The normalized spacial score (nSPS) is 14.9. The number of amides is 1. The average Bonchev–Trinajstić information content (AvgIpc) is 3.07. The van der Waals surface area contributed by atoms with Crippen LogP contribution in [0.3, 0.4) is 0 Å². The van der Waals surface area contributed by atoms with E-state index in [9.17, 15) is 9.18 Å². The van der Waals surface area contributed by atoms with Gasteiger partial charge in [-0.2, -0.15) is 5.10 Å². The minimum atomic E-state index is -0.227. The molecule has 0 saturated carbocycles. The summed E-state index contributed by atoms with van der Waals surface area (Å²) in [6.07, 6.45) is 4.04. The summed E-state index contributed by atoms with van der Waals surface area (Å²) in [4.78, 5) is 20.4. The minimum absolute atomic E-state index is 0. The summed E-state index contributed by atoms with van der Waals surface area (Å²) < 4.78 is 16.4. The number of halogens is 3. The molecule has 0 spiro atoms. The van der Waals surface area contributed by atoms with Gasteiger partial charge in [0, 0.05) is 44.4 Å². The molecule has 1 N–H and O–H groups in total. The first-order valence-corrected chi connectivity index (χ1v) is 9.46. The Morgan fingerprint density at radius 2 is 2.18 bits per heavy atom. The molecule has 152 valence electrons. The van der Waals surface area contributed by atoms with E-state index < -0.39 is 0 Å². The SMILES string of the molecule is CN=C(NCCc1cc(Br)ccc1F)N1CCN(c2cnn(C)c2)C(=O)C1.I. The third-order valence-corrected chi connectivity index (χ3v) is 4.91. The predicted octanol–water partition coefficient (Wildman–Crippen LogP) is 2.41. The molecule has 0 bridgehead atoms. The molecule has 1 aliphatic rings. The number of piperazine rings is 1. The second-order valence-electron chi connectivity index (χ2n) is 6.30. The van der Waals surface area contributed by atoms with E-state index in [-0.39, 0.29) is 42.2 Å². The Labute approximate surface area is 189 Å². The monoisotopic (exact) mass is 564 g/mol. The highest BCUT2D eigenvalue weighted by atomic mass is 127. The lowest BCUT2D eigenvalue weighted by molar-refractivity contribution is -0.120. The molecule has 2 heterocycles. The van der Waals surface area contributed by atoms with Crippen molar-refractivity contribution < 1.29 is 9.18 Å². The van der Waals surface area contributed by atoms with Gasteiger partial charge in [0.15, 0.2) is 5.96 Å². The van der Waals surface area contributed by atoms with Crippen molar-refractivity contribution >= 4 is 57.5 Å². The number of rotatable bonds is 4. The zero-order valence-corrected chi connectivity index (χ0v) is 19.6. The van der Waals surface area contributed by atoms with E-state index in [1.165, 1.54) is 6.07 Å². The third-order valence-electron chi connectivity index (χ3n) is 4.42. The van der Waals surface area contributed by atoms with Gasteiger partial charge in [-0.1, -0.05) is 15.9 Å². The molecular formula is C18H23BrFIN6O.